The lowest BCUT2D eigenvalue weighted by Gasteiger charge is -2.22. The van der Waals surface area contributed by atoms with Gasteiger partial charge in [0.25, 0.3) is 0 Å². The molecule has 0 fully saturated rings. The van der Waals surface area contributed by atoms with Crippen LogP contribution in [0, 0.1) is 18.3 Å². The SMILES string of the molecule is C=CC(=C)NC(NC)c1c(C)cccc1C#N. The summed E-state index contributed by atoms with van der Waals surface area (Å²) in [6.07, 6.45) is 1.51. The van der Waals surface area contributed by atoms with Gasteiger partial charge in [0.1, 0.15) is 6.17 Å². The van der Waals surface area contributed by atoms with Gasteiger partial charge in [-0.05, 0) is 31.7 Å². The summed E-state index contributed by atoms with van der Waals surface area (Å²) >= 11 is 0. The molecule has 1 rings (SSSR count). The summed E-state index contributed by atoms with van der Waals surface area (Å²) in [5.41, 5.74) is 3.39. The Balaban J connectivity index is 3.16. The molecule has 1 unspecified atom stereocenters. The van der Waals surface area contributed by atoms with E-state index in [0.717, 1.165) is 16.8 Å². The highest BCUT2D eigenvalue weighted by atomic mass is 15.1. The molecule has 3 nitrogen and oxygen atoms in total. The van der Waals surface area contributed by atoms with Gasteiger partial charge in [0.15, 0.2) is 0 Å². The fourth-order valence-electron chi connectivity index (χ4n) is 1.69. The highest BCUT2D eigenvalue weighted by molar-refractivity contribution is 5.44. The number of hydrogen-bond donors (Lipinski definition) is 2. The third kappa shape index (κ3) is 2.96. The van der Waals surface area contributed by atoms with Gasteiger partial charge >= 0.3 is 0 Å². The van der Waals surface area contributed by atoms with E-state index >= 15 is 0 Å². The Kier molecular flexibility index (Phi) is 4.50. The van der Waals surface area contributed by atoms with E-state index in [1.165, 1.54) is 0 Å². The van der Waals surface area contributed by atoms with Gasteiger partial charge in [-0.2, -0.15) is 5.26 Å². The van der Waals surface area contributed by atoms with Crippen molar-refractivity contribution in [3.63, 3.8) is 0 Å². The van der Waals surface area contributed by atoms with Crippen molar-refractivity contribution in [2.75, 3.05) is 7.05 Å². The van der Waals surface area contributed by atoms with Gasteiger partial charge in [-0.15, -0.1) is 0 Å². The van der Waals surface area contributed by atoms with Gasteiger partial charge in [-0.3, -0.25) is 5.32 Å². The molecule has 0 spiro atoms. The first-order chi connectivity index (χ1) is 8.13. The second-order valence-corrected chi connectivity index (χ2v) is 3.74. The Hall–Kier alpha value is -2.05. The summed E-state index contributed by atoms with van der Waals surface area (Å²) in [6, 6.07) is 7.88. The van der Waals surface area contributed by atoms with Gasteiger partial charge in [0.2, 0.25) is 0 Å². The molecule has 88 valence electrons. The zero-order valence-corrected chi connectivity index (χ0v) is 10.2. The second-order valence-electron chi connectivity index (χ2n) is 3.74. The number of allylic oxidation sites excluding steroid dienone is 1. The number of nitriles is 1. The topological polar surface area (TPSA) is 47.8 Å². The zero-order valence-electron chi connectivity index (χ0n) is 10.2. The molecule has 0 aliphatic heterocycles. The number of nitrogens with one attached hydrogen (secondary N) is 2. The van der Waals surface area contributed by atoms with Crippen molar-refractivity contribution in [1.29, 1.82) is 5.26 Å². The van der Waals surface area contributed by atoms with Crippen molar-refractivity contribution in [1.82, 2.24) is 10.6 Å². The number of hydrogen-bond acceptors (Lipinski definition) is 3. The standard InChI is InChI=1S/C14H17N3/c1-5-11(3)17-14(16-4)13-10(2)7-6-8-12(13)9-15/h5-8,14,16-17H,1,3H2,2,4H3. The summed E-state index contributed by atoms with van der Waals surface area (Å²) in [5.74, 6) is 0. The van der Waals surface area contributed by atoms with Gasteiger partial charge in [0, 0.05) is 11.3 Å². The van der Waals surface area contributed by atoms with Crippen LogP contribution in [0.3, 0.4) is 0 Å². The normalized spacial score (nSPS) is 11.4. The minimum Gasteiger partial charge on any atom is -0.366 e. The maximum Gasteiger partial charge on any atom is 0.104 e. The highest BCUT2D eigenvalue weighted by Gasteiger charge is 2.15. The molecule has 2 N–H and O–H groups in total. The van der Waals surface area contributed by atoms with E-state index in [2.05, 4.69) is 29.9 Å². The van der Waals surface area contributed by atoms with E-state index in [4.69, 9.17) is 5.26 Å². The zero-order chi connectivity index (χ0) is 12.8. The summed E-state index contributed by atoms with van der Waals surface area (Å²) in [6.45, 7) is 9.46. The Morgan fingerprint density at radius 1 is 1.53 bits per heavy atom. The van der Waals surface area contributed by atoms with Gasteiger partial charge < -0.3 is 5.32 Å². The third-order valence-electron chi connectivity index (χ3n) is 2.60. The predicted octanol–water partition coefficient (Wildman–Crippen LogP) is 2.37. The van der Waals surface area contributed by atoms with E-state index < -0.39 is 0 Å². The number of aryl methyl sites for hydroxylation is 1. The smallest absolute Gasteiger partial charge is 0.104 e. The molecule has 1 atom stereocenters. The molecule has 17 heavy (non-hydrogen) atoms. The molecule has 0 saturated heterocycles. The molecule has 0 heterocycles. The first-order valence-corrected chi connectivity index (χ1v) is 5.38. The van der Waals surface area contributed by atoms with E-state index in [9.17, 15) is 0 Å². The molecule has 3 heteroatoms. The maximum atomic E-state index is 9.13. The van der Waals surface area contributed by atoms with Crippen LogP contribution in [0.2, 0.25) is 0 Å². The fourth-order valence-corrected chi connectivity index (χ4v) is 1.69. The van der Waals surface area contributed by atoms with Gasteiger partial charge in [-0.1, -0.05) is 25.3 Å². The van der Waals surface area contributed by atoms with Crippen LogP contribution >= 0.6 is 0 Å². The Morgan fingerprint density at radius 3 is 2.76 bits per heavy atom. The van der Waals surface area contributed by atoms with E-state index in [1.807, 2.05) is 32.2 Å². The van der Waals surface area contributed by atoms with Crippen molar-refractivity contribution in [2.24, 2.45) is 0 Å². The maximum absolute atomic E-state index is 9.13. The first-order valence-electron chi connectivity index (χ1n) is 5.38. The van der Waals surface area contributed by atoms with Crippen LogP contribution in [0.25, 0.3) is 0 Å². The summed E-state index contributed by atoms with van der Waals surface area (Å²) < 4.78 is 0. The largest absolute Gasteiger partial charge is 0.366 e. The molecule has 1 aromatic rings. The number of nitrogens with zero attached hydrogens (tertiary/aromatic N) is 1. The fraction of sp³-hybridized carbons (Fsp3) is 0.214. The highest BCUT2D eigenvalue weighted by Crippen LogP contribution is 2.20. The molecule has 0 bridgehead atoms. The average molecular weight is 227 g/mol. The Morgan fingerprint density at radius 2 is 2.24 bits per heavy atom. The van der Waals surface area contributed by atoms with Crippen LogP contribution in [0.4, 0.5) is 0 Å². The molecule has 0 aliphatic rings. The molecular weight excluding hydrogens is 210 g/mol. The molecule has 0 radical (unpaired) electrons. The molecule has 0 aliphatic carbocycles. The quantitative estimate of drug-likeness (QED) is 0.599. The molecule has 0 saturated carbocycles. The van der Waals surface area contributed by atoms with Crippen molar-refractivity contribution in [3.05, 3.63) is 59.8 Å². The lowest BCUT2D eigenvalue weighted by Crippen LogP contribution is -2.31. The lowest BCUT2D eigenvalue weighted by atomic mass is 10.00. The van der Waals surface area contributed by atoms with Gasteiger partial charge in [0.05, 0.1) is 11.6 Å². The van der Waals surface area contributed by atoms with Crippen LogP contribution < -0.4 is 10.6 Å². The van der Waals surface area contributed by atoms with Crippen LogP contribution in [0.1, 0.15) is 22.9 Å². The second kappa shape index (κ2) is 5.88. The minimum atomic E-state index is -0.142. The lowest BCUT2D eigenvalue weighted by molar-refractivity contribution is 0.527. The molecule has 0 aromatic heterocycles. The van der Waals surface area contributed by atoms with Gasteiger partial charge in [-0.25, -0.2) is 0 Å². The molecule has 0 amide bonds. The van der Waals surface area contributed by atoms with Crippen molar-refractivity contribution >= 4 is 0 Å². The van der Waals surface area contributed by atoms with Crippen LogP contribution in [0.5, 0.6) is 0 Å². The van der Waals surface area contributed by atoms with Crippen molar-refractivity contribution < 1.29 is 0 Å². The predicted molar refractivity (Wildman–Crippen MR) is 70.2 cm³/mol. The summed E-state index contributed by atoms with van der Waals surface area (Å²) in [4.78, 5) is 0. The van der Waals surface area contributed by atoms with Crippen molar-refractivity contribution in [3.8, 4) is 6.07 Å². The van der Waals surface area contributed by atoms with E-state index in [0.29, 0.717) is 5.56 Å². The third-order valence-corrected chi connectivity index (χ3v) is 2.60. The Bertz CT molecular complexity index is 469. The molecule has 1 aromatic carbocycles. The monoisotopic (exact) mass is 227 g/mol. The number of rotatable bonds is 5. The van der Waals surface area contributed by atoms with Crippen LogP contribution in [0.15, 0.2) is 43.1 Å². The Labute approximate surface area is 102 Å². The summed E-state index contributed by atoms with van der Waals surface area (Å²) in [5, 5.41) is 15.4. The molecular formula is C14H17N3. The average Bonchev–Trinajstić information content (AvgIpc) is 2.35. The van der Waals surface area contributed by atoms with Crippen LogP contribution in [-0.4, -0.2) is 7.05 Å². The minimum absolute atomic E-state index is 0.142. The van der Waals surface area contributed by atoms with Crippen molar-refractivity contribution in [2.45, 2.75) is 13.1 Å². The summed E-state index contributed by atoms with van der Waals surface area (Å²) in [7, 11) is 1.83. The first kappa shape index (κ1) is 13.0. The van der Waals surface area contributed by atoms with E-state index in [-0.39, 0.29) is 6.17 Å². The van der Waals surface area contributed by atoms with Crippen LogP contribution in [-0.2, 0) is 0 Å². The number of benzene rings is 1. The van der Waals surface area contributed by atoms with E-state index in [1.54, 1.807) is 6.08 Å².